The highest BCUT2D eigenvalue weighted by Gasteiger charge is 2.14. The quantitative estimate of drug-likeness (QED) is 0.788. The van der Waals surface area contributed by atoms with Gasteiger partial charge in [-0.1, -0.05) is 25.7 Å². The summed E-state index contributed by atoms with van der Waals surface area (Å²) >= 11 is 0. The standard InChI is InChI=1S/C21H26FN3O2/c22-17-11-9-16(10-12-17)19-13-14-21(27)25(24-19)15-5-8-20(26)23-18-6-3-1-2-4-7-18/h9-14,18H,1-8,15H2,(H,23,26). The summed E-state index contributed by atoms with van der Waals surface area (Å²) in [5.74, 6) is -0.267. The molecule has 1 aromatic carbocycles. The number of amides is 1. The third-order valence-electron chi connectivity index (χ3n) is 5.00. The molecular weight excluding hydrogens is 345 g/mol. The van der Waals surface area contributed by atoms with Crippen LogP contribution in [0.3, 0.4) is 0 Å². The highest BCUT2D eigenvalue weighted by molar-refractivity contribution is 5.76. The zero-order valence-corrected chi connectivity index (χ0v) is 15.5. The number of halogens is 1. The molecule has 0 atom stereocenters. The van der Waals surface area contributed by atoms with Crippen LogP contribution < -0.4 is 10.9 Å². The van der Waals surface area contributed by atoms with Crippen LogP contribution in [0.4, 0.5) is 4.39 Å². The van der Waals surface area contributed by atoms with Crippen molar-refractivity contribution in [2.45, 2.75) is 64.0 Å². The Morgan fingerprint density at radius 3 is 2.48 bits per heavy atom. The molecule has 1 aliphatic rings. The minimum atomic E-state index is -0.313. The summed E-state index contributed by atoms with van der Waals surface area (Å²) in [6, 6.07) is 9.37. The number of hydrogen-bond acceptors (Lipinski definition) is 3. The number of aryl methyl sites for hydroxylation is 1. The molecule has 1 aromatic heterocycles. The van der Waals surface area contributed by atoms with Gasteiger partial charge in [0.15, 0.2) is 0 Å². The summed E-state index contributed by atoms with van der Waals surface area (Å²) in [7, 11) is 0. The smallest absolute Gasteiger partial charge is 0.266 e. The maximum Gasteiger partial charge on any atom is 0.266 e. The molecule has 1 heterocycles. The monoisotopic (exact) mass is 371 g/mol. The maximum absolute atomic E-state index is 13.1. The molecule has 27 heavy (non-hydrogen) atoms. The van der Waals surface area contributed by atoms with Gasteiger partial charge in [-0.3, -0.25) is 9.59 Å². The predicted octanol–water partition coefficient (Wildman–Crippen LogP) is 3.67. The lowest BCUT2D eigenvalue weighted by molar-refractivity contribution is -0.122. The first kappa shape index (κ1) is 19.3. The molecule has 144 valence electrons. The van der Waals surface area contributed by atoms with Gasteiger partial charge in [0.05, 0.1) is 5.69 Å². The topological polar surface area (TPSA) is 64.0 Å². The third kappa shape index (κ3) is 5.74. The molecule has 1 saturated carbocycles. The fourth-order valence-electron chi connectivity index (χ4n) is 3.50. The molecule has 3 rings (SSSR count). The van der Waals surface area contributed by atoms with E-state index in [-0.39, 0.29) is 17.3 Å². The molecular formula is C21H26FN3O2. The lowest BCUT2D eigenvalue weighted by Gasteiger charge is -2.16. The van der Waals surface area contributed by atoms with Crippen LogP contribution in [0.5, 0.6) is 0 Å². The molecule has 1 N–H and O–H groups in total. The minimum Gasteiger partial charge on any atom is -0.353 e. The van der Waals surface area contributed by atoms with Gasteiger partial charge >= 0.3 is 0 Å². The van der Waals surface area contributed by atoms with Gasteiger partial charge in [-0.15, -0.1) is 0 Å². The molecule has 1 aliphatic carbocycles. The summed E-state index contributed by atoms with van der Waals surface area (Å²) in [5, 5.41) is 7.47. The molecule has 2 aromatic rings. The summed E-state index contributed by atoms with van der Waals surface area (Å²) in [4.78, 5) is 24.2. The van der Waals surface area contributed by atoms with E-state index in [2.05, 4.69) is 10.4 Å². The SMILES string of the molecule is O=C(CCCn1nc(-c2ccc(F)cc2)ccc1=O)NC1CCCCCC1. The Morgan fingerprint density at radius 2 is 1.78 bits per heavy atom. The van der Waals surface area contributed by atoms with Crippen molar-refractivity contribution < 1.29 is 9.18 Å². The highest BCUT2D eigenvalue weighted by atomic mass is 19.1. The van der Waals surface area contributed by atoms with Crippen LogP contribution in [0.15, 0.2) is 41.2 Å². The molecule has 0 unspecified atom stereocenters. The average molecular weight is 371 g/mol. The second kappa shape index (κ2) is 9.44. The zero-order chi connectivity index (χ0) is 19.1. The van der Waals surface area contributed by atoms with Gasteiger partial charge in [0.1, 0.15) is 5.82 Å². The normalized spacial score (nSPS) is 15.3. The number of aromatic nitrogens is 2. The maximum atomic E-state index is 13.1. The van der Waals surface area contributed by atoms with Crippen LogP contribution in [0.1, 0.15) is 51.4 Å². The first-order valence-electron chi connectivity index (χ1n) is 9.75. The van der Waals surface area contributed by atoms with Gasteiger partial charge in [-0.2, -0.15) is 5.10 Å². The van der Waals surface area contributed by atoms with Crippen molar-refractivity contribution in [3.63, 3.8) is 0 Å². The fourth-order valence-corrected chi connectivity index (χ4v) is 3.50. The van der Waals surface area contributed by atoms with E-state index < -0.39 is 0 Å². The first-order chi connectivity index (χ1) is 13.1. The van der Waals surface area contributed by atoms with E-state index in [0.717, 1.165) is 18.4 Å². The Balaban J connectivity index is 1.54. The molecule has 0 aliphatic heterocycles. The summed E-state index contributed by atoms with van der Waals surface area (Å²) in [6.07, 6.45) is 7.93. The molecule has 0 radical (unpaired) electrons. The van der Waals surface area contributed by atoms with Crippen LogP contribution in [-0.2, 0) is 11.3 Å². The van der Waals surface area contributed by atoms with Crippen LogP contribution in [0.2, 0.25) is 0 Å². The molecule has 0 bridgehead atoms. The van der Waals surface area contributed by atoms with Gasteiger partial charge in [0.25, 0.3) is 5.56 Å². The molecule has 0 saturated heterocycles. The number of carbonyl (C=O) groups excluding carboxylic acids is 1. The van der Waals surface area contributed by atoms with E-state index >= 15 is 0 Å². The zero-order valence-electron chi connectivity index (χ0n) is 15.5. The molecule has 5 nitrogen and oxygen atoms in total. The van der Waals surface area contributed by atoms with Gasteiger partial charge in [-0.25, -0.2) is 9.07 Å². The summed E-state index contributed by atoms with van der Waals surface area (Å²) < 4.78 is 14.4. The van der Waals surface area contributed by atoms with Crippen LogP contribution in [0.25, 0.3) is 11.3 Å². The lowest BCUT2D eigenvalue weighted by atomic mass is 10.1. The Labute approximate surface area is 158 Å². The fraction of sp³-hybridized carbons (Fsp3) is 0.476. The van der Waals surface area contributed by atoms with Crippen LogP contribution in [0, 0.1) is 5.82 Å². The summed E-state index contributed by atoms with van der Waals surface area (Å²) in [6.45, 7) is 0.381. The van der Waals surface area contributed by atoms with Gasteiger partial charge in [0, 0.05) is 30.6 Å². The van der Waals surface area contributed by atoms with Crippen molar-refractivity contribution in [2.24, 2.45) is 0 Å². The van der Waals surface area contributed by atoms with Crippen molar-refractivity contribution in [1.82, 2.24) is 15.1 Å². The van der Waals surface area contributed by atoms with Crippen molar-refractivity contribution in [3.8, 4) is 11.3 Å². The summed E-state index contributed by atoms with van der Waals surface area (Å²) in [5.41, 5.74) is 1.15. The van der Waals surface area contributed by atoms with E-state index in [1.54, 1.807) is 18.2 Å². The largest absolute Gasteiger partial charge is 0.353 e. The number of benzene rings is 1. The Bertz CT molecular complexity index is 809. The third-order valence-corrected chi connectivity index (χ3v) is 5.00. The van der Waals surface area contributed by atoms with Gasteiger partial charge in [0.2, 0.25) is 5.91 Å². The molecule has 1 fully saturated rings. The van der Waals surface area contributed by atoms with E-state index in [9.17, 15) is 14.0 Å². The van der Waals surface area contributed by atoms with Gasteiger partial charge in [-0.05, 0) is 49.6 Å². The molecule has 0 spiro atoms. The minimum absolute atomic E-state index is 0.0460. The second-order valence-electron chi connectivity index (χ2n) is 7.15. The average Bonchev–Trinajstić information content (AvgIpc) is 2.92. The molecule has 1 amide bonds. The lowest BCUT2D eigenvalue weighted by Crippen LogP contribution is -2.34. The first-order valence-corrected chi connectivity index (χ1v) is 9.75. The number of hydrogen-bond donors (Lipinski definition) is 1. The van der Waals surface area contributed by atoms with E-state index in [1.165, 1.54) is 48.6 Å². The van der Waals surface area contributed by atoms with Crippen molar-refractivity contribution in [3.05, 3.63) is 52.6 Å². The van der Waals surface area contributed by atoms with E-state index in [0.29, 0.717) is 31.1 Å². The number of rotatable bonds is 6. The number of carbonyl (C=O) groups is 1. The highest BCUT2D eigenvalue weighted by Crippen LogP contribution is 2.18. The van der Waals surface area contributed by atoms with Crippen LogP contribution in [-0.4, -0.2) is 21.7 Å². The van der Waals surface area contributed by atoms with Crippen molar-refractivity contribution in [1.29, 1.82) is 0 Å². The second-order valence-corrected chi connectivity index (χ2v) is 7.15. The Morgan fingerprint density at radius 1 is 1.07 bits per heavy atom. The number of nitrogens with zero attached hydrogens (tertiary/aromatic N) is 2. The van der Waals surface area contributed by atoms with E-state index in [4.69, 9.17) is 0 Å². The van der Waals surface area contributed by atoms with E-state index in [1.807, 2.05) is 0 Å². The predicted molar refractivity (Wildman–Crippen MR) is 103 cm³/mol. The van der Waals surface area contributed by atoms with Gasteiger partial charge < -0.3 is 5.32 Å². The van der Waals surface area contributed by atoms with Crippen molar-refractivity contribution >= 4 is 5.91 Å². The Hall–Kier alpha value is -2.50. The number of nitrogens with one attached hydrogen (secondary N) is 1. The Kier molecular flexibility index (Phi) is 6.74. The van der Waals surface area contributed by atoms with Crippen molar-refractivity contribution in [2.75, 3.05) is 0 Å². The molecule has 6 heteroatoms. The van der Waals surface area contributed by atoms with Crippen LogP contribution >= 0.6 is 0 Å².